The van der Waals surface area contributed by atoms with E-state index in [1.165, 1.54) is 15.6 Å². The Morgan fingerprint density at radius 2 is 2.00 bits per heavy atom. The van der Waals surface area contributed by atoms with Crippen molar-refractivity contribution >= 4 is 34.2 Å². The van der Waals surface area contributed by atoms with E-state index in [0.29, 0.717) is 0 Å². The molecule has 1 amide bonds. The van der Waals surface area contributed by atoms with Crippen molar-refractivity contribution in [3.63, 3.8) is 0 Å². The van der Waals surface area contributed by atoms with Gasteiger partial charge in [-0.05, 0) is 78.3 Å². The Morgan fingerprint density at radius 3 is 2.65 bits per heavy atom. The molecule has 2 aliphatic rings. The highest BCUT2D eigenvalue weighted by Gasteiger charge is 2.47. The number of hydrogen-bond donors (Lipinski definition) is 1. The van der Waals surface area contributed by atoms with Crippen LogP contribution in [-0.2, 0) is 4.79 Å². The Kier molecular flexibility index (Phi) is 2.89. The van der Waals surface area contributed by atoms with Crippen molar-refractivity contribution in [2.24, 2.45) is 17.8 Å². The molecule has 0 saturated heterocycles. The van der Waals surface area contributed by atoms with E-state index in [9.17, 15) is 4.79 Å². The molecule has 0 spiro atoms. The second-order valence-corrected chi connectivity index (χ2v) is 6.54. The lowest BCUT2D eigenvalue weighted by atomic mass is 10.0. The van der Waals surface area contributed by atoms with Gasteiger partial charge >= 0.3 is 0 Å². The minimum Gasteiger partial charge on any atom is -0.326 e. The van der Waals surface area contributed by atoms with E-state index < -0.39 is 0 Å². The molecule has 2 nitrogen and oxygen atoms in total. The molecule has 3 heteroatoms. The van der Waals surface area contributed by atoms with Crippen LogP contribution in [0, 0.1) is 28.2 Å². The molecule has 1 aromatic carbocycles. The molecule has 0 radical (unpaired) electrons. The summed E-state index contributed by atoms with van der Waals surface area (Å²) in [5.74, 6) is 2.21. The summed E-state index contributed by atoms with van der Waals surface area (Å²) in [5.41, 5.74) is 2.19. The van der Waals surface area contributed by atoms with E-state index in [-0.39, 0.29) is 11.8 Å². The standard InChI is InChI=1S/C14H16INO/c1-8-2-3-12(7-13(8)15)16-14(17)11-5-9-4-10(9)6-11/h2-3,7,9-11H,4-6H2,1H3,(H,16,17). The van der Waals surface area contributed by atoms with Gasteiger partial charge in [0.2, 0.25) is 5.91 Å². The van der Waals surface area contributed by atoms with E-state index in [2.05, 4.69) is 40.9 Å². The minimum atomic E-state index is 0.219. The number of halogens is 1. The second kappa shape index (κ2) is 4.26. The first-order chi connectivity index (χ1) is 8.13. The molecule has 90 valence electrons. The van der Waals surface area contributed by atoms with Crippen molar-refractivity contribution in [1.29, 1.82) is 0 Å². The van der Waals surface area contributed by atoms with Gasteiger partial charge in [-0.15, -0.1) is 0 Å². The molecule has 1 N–H and O–H groups in total. The number of benzene rings is 1. The molecule has 2 aliphatic carbocycles. The molecule has 1 aromatic rings. The summed E-state index contributed by atoms with van der Waals surface area (Å²) >= 11 is 2.30. The zero-order valence-electron chi connectivity index (χ0n) is 9.87. The molecule has 2 unspecified atom stereocenters. The van der Waals surface area contributed by atoms with Crippen molar-refractivity contribution in [3.8, 4) is 0 Å². The van der Waals surface area contributed by atoms with Crippen molar-refractivity contribution in [3.05, 3.63) is 27.3 Å². The van der Waals surface area contributed by atoms with Gasteiger partial charge < -0.3 is 5.32 Å². The largest absolute Gasteiger partial charge is 0.326 e. The third-order valence-electron chi connectivity index (χ3n) is 4.05. The summed E-state index contributed by atoms with van der Waals surface area (Å²) in [5, 5.41) is 3.05. The molecule has 3 rings (SSSR count). The van der Waals surface area contributed by atoms with Crippen LogP contribution in [0.25, 0.3) is 0 Å². The number of hydrogen-bond acceptors (Lipinski definition) is 1. The van der Waals surface area contributed by atoms with Crippen molar-refractivity contribution < 1.29 is 4.79 Å². The van der Waals surface area contributed by atoms with Crippen LogP contribution in [0.4, 0.5) is 5.69 Å². The molecule has 17 heavy (non-hydrogen) atoms. The maximum absolute atomic E-state index is 12.1. The third kappa shape index (κ3) is 2.34. The molecular formula is C14H16INO. The van der Waals surface area contributed by atoms with E-state index in [1.54, 1.807) is 0 Å². The fraction of sp³-hybridized carbons (Fsp3) is 0.500. The summed E-state index contributed by atoms with van der Waals surface area (Å²) in [4.78, 5) is 12.1. The summed E-state index contributed by atoms with van der Waals surface area (Å²) in [6.07, 6.45) is 3.59. The molecule has 2 fully saturated rings. The molecule has 0 heterocycles. The van der Waals surface area contributed by atoms with Gasteiger partial charge in [-0.25, -0.2) is 0 Å². The molecule has 0 bridgehead atoms. The van der Waals surface area contributed by atoms with E-state index in [0.717, 1.165) is 30.4 Å². The van der Waals surface area contributed by atoms with E-state index in [1.807, 2.05) is 12.1 Å². The number of carbonyl (C=O) groups is 1. The first kappa shape index (κ1) is 11.5. The number of aryl methyl sites for hydroxylation is 1. The predicted molar refractivity (Wildman–Crippen MR) is 76.8 cm³/mol. The van der Waals surface area contributed by atoms with Crippen molar-refractivity contribution in [2.75, 3.05) is 5.32 Å². The maximum atomic E-state index is 12.1. The van der Waals surface area contributed by atoms with Gasteiger partial charge in [-0.1, -0.05) is 6.07 Å². The zero-order chi connectivity index (χ0) is 12.0. The molecule has 2 atom stereocenters. The molecule has 0 aromatic heterocycles. The number of anilines is 1. The normalized spacial score (nSPS) is 29.9. The van der Waals surface area contributed by atoms with Gasteiger partial charge in [0.05, 0.1) is 0 Å². The smallest absolute Gasteiger partial charge is 0.227 e. The van der Waals surface area contributed by atoms with Crippen molar-refractivity contribution in [2.45, 2.75) is 26.2 Å². The monoisotopic (exact) mass is 341 g/mol. The SMILES string of the molecule is Cc1ccc(NC(=O)C2CC3CC3C2)cc1I. The number of amides is 1. The lowest BCUT2D eigenvalue weighted by Gasteiger charge is -2.12. The average Bonchev–Trinajstić information content (AvgIpc) is 2.91. The Morgan fingerprint density at radius 1 is 1.29 bits per heavy atom. The van der Waals surface area contributed by atoms with Crippen LogP contribution in [0.1, 0.15) is 24.8 Å². The topological polar surface area (TPSA) is 29.1 Å². The number of fused-ring (bicyclic) bond motifs is 1. The first-order valence-electron chi connectivity index (χ1n) is 6.20. The summed E-state index contributed by atoms with van der Waals surface area (Å²) in [7, 11) is 0. The van der Waals surface area contributed by atoms with Crippen LogP contribution in [0.3, 0.4) is 0 Å². The Labute approximate surface area is 115 Å². The van der Waals surface area contributed by atoms with Gasteiger partial charge in [-0.2, -0.15) is 0 Å². The third-order valence-corrected chi connectivity index (χ3v) is 5.22. The summed E-state index contributed by atoms with van der Waals surface area (Å²) in [6, 6.07) is 6.10. The van der Waals surface area contributed by atoms with Gasteiger partial charge in [0.25, 0.3) is 0 Å². The quantitative estimate of drug-likeness (QED) is 0.819. The van der Waals surface area contributed by atoms with Gasteiger partial charge in [0, 0.05) is 15.2 Å². The maximum Gasteiger partial charge on any atom is 0.227 e. The minimum absolute atomic E-state index is 0.219. The van der Waals surface area contributed by atoms with Gasteiger partial charge in [0.1, 0.15) is 0 Å². The molecular weight excluding hydrogens is 325 g/mol. The summed E-state index contributed by atoms with van der Waals surface area (Å²) < 4.78 is 1.20. The van der Waals surface area contributed by atoms with Crippen LogP contribution in [-0.4, -0.2) is 5.91 Å². The zero-order valence-corrected chi connectivity index (χ0v) is 12.0. The Bertz CT molecular complexity index is 461. The van der Waals surface area contributed by atoms with Gasteiger partial charge in [-0.3, -0.25) is 4.79 Å². The van der Waals surface area contributed by atoms with E-state index in [4.69, 9.17) is 0 Å². The Hall–Kier alpha value is -0.580. The van der Waals surface area contributed by atoms with Gasteiger partial charge in [0.15, 0.2) is 0 Å². The highest BCUT2D eigenvalue weighted by atomic mass is 127. The highest BCUT2D eigenvalue weighted by molar-refractivity contribution is 14.1. The fourth-order valence-electron chi connectivity index (χ4n) is 2.84. The average molecular weight is 341 g/mol. The van der Waals surface area contributed by atoms with E-state index >= 15 is 0 Å². The van der Waals surface area contributed by atoms with Crippen LogP contribution < -0.4 is 5.32 Å². The fourth-order valence-corrected chi connectivity index (χ4v) is 3.36. The van der Waals surface area contributed by atoms with Crippen molar-refractivity contribution in [1.82, 2.24) is 0 Å². The van der Waals surface area contributed by atoms with Crippen LogP contribution in [0.2, 0.25) is 0 Å². The summed E-state index contributed by atoms with van der Waals surface area (Å²) in [6.45, 7) is 2.08. The number of nitrogens with one attached hydrogen (secondary N) is 1. The predicted octanol–water partition coefficient (Wildman–Crippen LogP) is 3.58. The second-order valence-electron chi connectivity index (χ2n) is 5.38. The number of carbonyl (C=O) groups excluding carboxylic acids is 1. The van der Waals surface area contributed by atoms with Crippen LogP contribution in [0.5, 0.6) is 0 Å². The number of rotatable bonds is 2. The van der Waals surface area contributed by atoms with Crippen LogP contribution >= 0.6 is 22.6 Å². The lowest BCUT2D eigenvalue weighted by molar-refractivity contribution is -0.120. The Balaban J connectivity index is 1.65. The van der Waals surface area contributed by atoms with Crippen LogP contribution in [0.15, 0.2) is 18.2 Å². The highest BCUT2D eigenvalue weighted by Crippen LogP contribution is 2.54. The molecule has 0 aliphatic heterocycles. The first-order valence-corrected chi connectivity index (χ1v) is 7.28. The lowest BCUT2D eigenvalue weighted by Crippen LogP contribution is -2.21. The molecule has 2 saturated carbocycles.